The highest BCUT2D eigenvalue weighted by atomic mass is 16.5. The van der Waals surface area contributed by atoms with Gasteiger partial charge < -0.3 is 9.52 Å². The van der Waals surface area contributed by atoms with Crippen molar-refractivity contribution in [3.63, 3.8) is 0 Å². The number of aromatic hydroxyl groups is 1. The molecule has 0 aromatic carbocycles. The maximum absolute atomic E-state index is 8.84. The third-order valence-electron chi connectivity index (χ3n) is 1.71. The Balaban J connectivity index is 2.27. The zero-order valence-corrected chi connectivity index (χ0v) is 6.84. The average Bonchev–Trinajstić information content (AvgIpc) is 2.37. The lowest BCUT2D eigenvalue weighted by Gasteiger charge is -1.92. The summed E-state index contributed by atoms with van der Waals surface area (Å²) < 4.78 is 4.75. The first-order chi connectivity index (χ1) is 5.33. The predicted molar refractivity (Wildman–Crippen MR) is 43.6 cm³/mol. The molecule has 0 saturated carbocycles. The van der Waals surface area contributed by atoms with E-state index in [4.69, 9.17) is 9.52 Å². The highest BCUT2D eigenvalue weighted by molar-refractivity contribution is 5.15. The second-order valence-electron chi connectivity index (χ2n) is 2.75. The first-order valence-corrected chi connectivity index (χ1v) is 4.09. The topological polar surface area (TPSA) is 33.4 Å². The number of unbranched alkanes of at least 4 members (excludes halogenated alkanes) is 2. The van der Waals surface area contributed by atoms with Crippen molar-refractivity contribution in [3.05, 3.63) is 17.9 Å². The molecule has 2 nitrogen and oxygen atoms in total. The molecule has 2 heteroatoms. The minimum atomic E-state index is 0.0245. The van der Waals surface area contributed by atoms with Crippen LogP contribution in [0.5, 0.6) is 5.95 Å². The van der Waals surface area contributed by atoms with E-state index in [1.54, 1.807) is 12.3 Å². The molecule has 0 aliphatic rings. The molecule has 1 N–H and O–H groups in total. The molecule has 0 bridgehead atoms. The van der Waals surface area contributed by atoms with E-state index in [2.05, 4.69) is 6.92 Å². The summed E-state index contributed by atoms with van der Waals surface area (Å²) in [6.45, 7) is 2.17. The van der Waals surface area contributed by atoms with E-state index in [9.17, 15) is 0 Å². The lowest BCUT2D eigenvalue weighted by molar-refractivity contribution is 0.332. The van der Waals surface area contributed by atoms with E-state index in [1.165, 1.54) is 19.3 Å². The van der Waals surface area contributed by atoms with Crippen LogP contribution in [0.4, 0.5) is 0 Å². The van der Waals surface area contributed by atoms with Gasteiger partial charge in [-0.1, -0.05) is 19.8 Å². The molecule has 11 heavy (non-hydrogen) atoms. The van der Waals surface area contributed by atoms with Crippen molar-refractivity contribution >= 4 is 0 Å². The van der Waals surface area contributed by atoms with E-state index < -0.39 is 0 Å². The van der Waals surface area contributed by atoms with E-state index in [-0.39, 0.29) is 5.95 Å². The van der Waals surface area contributed by atoms with Gasteiger partial charge in [0.2, 0.25) is 0 Å². The zero-order chi connectivity index (χ0) is 8.10. The molecule has 1 aromatic rings. The van der Waals surface area contributed by atoms with Crippen LogP contribution >= 0.6 is 0 Å². The second-order valence-corrected chi connectivity index (χ2v) is 2.75. The fourth-order valence-electron chi connectivity index (χ4n) is 1.07. The Kier molecular flexibility index (Phi) is 3.02. The van der Waals surface area contributed by atoms with Crippen LogP contribution in [0.1, 0.15) is 31.7 Å². The largest absolute Gasteiger partial charge is 0.481 e. The summed E-state index contributed by atoms with van der Waals surface area (Å²) in [6.07, 6.45) is 6.27. The Morgan fingerprint density at radius 2 is 2.27 bits per heavy atom. The number of aryl methyl sites for hydroxylation is 1. The zero-order valence-electron chi connectivity index (χ0n) is 6.84. The van der Waals surface area contributed by atoms with E-state index in [0.717, 1.165) is 12.0 Å². The van der Waals surface area contributed by atoms with Gasteiger partial charge in [-0.15, -0.1) is 0 Å². The van der Waals surface area contributed by atoms with Crippen molar-refractivity contribution in [1.29, 1.82) is 0 Å². The van der Waals surface area contributed by atoms with E-state index in [1.807, 2.05) is 0 Å². The summed E-state index contributed by atoms with van der Waals surface area (Å²) in [4.78, 5) is 0. The lowest BCUT2D eigenvalue weighted by Crippen LogP contribution is -1.80. The summed E-state index contributed by atoms with van der Waals surface area (Å²) in [6, 6.07) is 1.68. The third-order valence-corrected chi connectivity index (χ3v) is 1.71. The highest BCUT2D eigenvalue weighted by Crippen LogP contribution is 2.15. The van der Waals surface area contributed by atoms with Gasteiger partial charge in [0.1, 0.15) is 0 Å². The molecule has 0 spiro atoms. The molecule has 1 rings (SSSR count). The normalized spacial score (nSPS) is 10.3. The minimum Gasteiger partial charge on any atom is -0.481 e. The SMILES string of the molecule is CCCCCc1coc(O)c1. The van der Waals surface area contributed by atoms with Gasteiger partial charge in [0.25, 0.3) is 5.95 Å². The van der Waals surface area contributed by atoms with Crippen molar-refractivity contribution in [2.45, 2.75) is 32.6 Å². The molecule has 0 aliphatic carbocycles. The Hall–Kier alpha value is -0.920. The first kappa shape index (κ1) is 8.18. The lowest BCUT2D eigenvalue weighted by atomic mass is 10.1. The molecule has 0 unspecified atom stereocenters. The van der Waals surface area contributed by atoms with Gasteiger partial charge >= 0.3 is 0 Å². The number of rotatable bonds is 4. The van der Waals surface area contributed by atoms with Crippen LogP contribution < -0.4 is 0 Å². The van der Waals surface area contributed by atoms with E-state index >= 15 is 0 Å². The van der Waals surface area contributed by atoms with Crippen molar-refractivity contribution < 1.29 is 9.52 Å². The molecular formula is C9H14O2. The van der Waals surface area contributed by atoms with E-state index in [0.29, 0.717) is 0 Å². The average molecular weight is 154 g/mol. The smallest absolute Gasteiger partial charge is 0.281 e. The summed E-state index contributed by atoms with van der Waals surface area (Å²) >= 11 is 0. The maximum atomic E-state index is 8.84. The molecule has 0 atom stereocenters. The summed E-state index contributed by atoms with van der Waals surface area (Å²) in [5.41, 5.74) is 1.09. The van der Waals surface area contributed by atoms with Crippen molar-refractivity contribution in [2.75, 3.05) is 0 Å². The molecule has 0 fully saturated rings. The number of hydrogen-bond acceptors (Lipinski definition) is 2. The highest BCUT2D eigenvalue weighted by Gasteiger charge is 1.97. The molecule has 0 saturated heterocycles. The van der Waals surface area contributed by atoms with Gasteiger partial charge in [0.15, 0.2) is 0 Å². The number of furan rings is 1. The summed E-state index contributed by atoms with van der Waals surface area (Å²) in [7, 11) is 0. The van der Waals surface area contributed by atoms with Crippen LogP contribution in [0.25, 0.3) is 0 Å². The predicted octanol–water partition coefficient (Wildman–Crippen LogP) is 2.72. The second kappa shape index (κ2) is 4.06. The van der Waals surface area contributed by atoms with Crippen molar-refractivity contribution in [2.24, 2.45) is 0 Å². The van der Waals surface area contributed by atoms with Gasteiger partial charge in [-0.25, -0.2) is 0 Å². The molecule has 1 heterocycles. The standard InChI is InChI=1S/C9H14O2/c1-2-3-4-5-8-6-9(10)11-7-8/h6-7,10H,2-5H2,1H3. The van der Waals surface area contributed by atoms with Gasteiger partial charge in [-0.05, 0) is 18.4 Å². The first-order valence-electron chi connectivity index (χ1n) is 4.09. The van der Waals surface area contributed by atoms with Gasteiger partial charge in [0, 0.05) is 6.07 Å². The van der Waals surface area contributed by atoms with Gasteiger partial charge in [-0.2, -0.15) is 0 Å². The van der Waals surface area contributed by atoms with Crippen molar-refractivity contribution in [3.8, 4) is 5.95 Å². The fraction of sp³-hybridized carbons (Fsp3) is 0.556. The van der Waals surface area contributed by atoms with Crippen LogP contribution in [0, 0.1) is 0 Å². The Morgan fingerprint density at radius 1 is 1.45 bits per heavy atom. The maximum Gasteiger partial charge on any atom is 0.281 e. The Labute approximate surface area is 66.8 Å². The molecule has 0 radical (unpaired) electrons. The fourth-order valence-corrected chi connectivity index (χ4v) is 1.07. The molecule has 62 valence electrons. The Bertz CT molecular complexity index is 203. The van der Waals surface area contributed by atoms with Crippen LogP contribution in [0.3, 0.4) is 0 Å². The van der Waals surface area contributed by atoms with Gasteiger partial charge in [0.05, 0.1) is 6.26 Å². The minimum absolute atomic E-state index is 0.0245. The molecule has 1 aromatic heterocycles. The van der Waals surface area contributed by atoms with Gasteiger partial charge in [-0.3, -0.25) is 0 Å². The molecule has 0 aliphatic heterocycles. The molecular weight excluding hydrogens is 140 g/mol. The summed E-state index contributed by atoms with van der Waals surface area (Å²) in [5.74, 6) is 0.0245. The van der Waals surface area contributed by atoms with Crippen LogP contribution in [0.15, 0.2) is 16.7 Å². The van der Waals surface area contributed by atoms with Crippen LogP contribution in [0.2, 0.25) is 0 Å². The third kappa shape index (κ3) is 2.66. The Morgan fingerprint density at radius 3 is 2.82 bits per heavy atom. The summed E-state index contributed by atoms with van der Waals surface area (Å²) in [5, 5.41) is 8.84. The number of hydrogen-bond donors (Lipinski definition) is 1. The van der Waals surface area contributed by atoms with Crippen molar-refractivity contribution in [1.82, 2.24) is 0 Å². The molecule has 0 amide bonds. The quantitative estimate of drug-likeness (QED) is 0.676. The monoisotopic (exact) mass is 154 g/mol. The van der Waals surface area contributed by atoms with Crippen LogP contribution in [-0.4, -0.2) is 5.11 Å². The van der Waals surface area contributed by atoms with Crippen LogP contribution in [-0.2, 0) is 6.42 Å².